The maximum Gasteiger partial charge on any atom is 0.0640 e. The largest absolute Gasteiger partial charge is 0.309 e. The van der Waals surface area contributed by atoms with E-state index in [2.05, 4.69) is 120 Å². The monoisotopic (exact) mass is 473 g/mol. The van der Waals surface area contributed by atoms with Crippen molar-refractivity contribution < 1.29 is 0 Å². The second kappa shape index (κ2) is 6.63. The second-order valence-corrected chi connectivity index (χ2v) is 10.7. The highest BCUT2D eigenvalue weighted by Gasteiger charge is 2.31. The molecule has 1 aliphatic carbocycles. The number of hydrogen-bond donors (Lipinski definition) is 0. The summed E-state index contributed by atoms with van der Waals surface area (Å²) in [4.78, 5) is 0. The maximum absolute atomic E-state index is 2.50. The van der Waals surface area contributed by atoms with E-state index in [0.717, 1.165) is 0 Å². The van der Waals surface area contributed by atoms with E-state index in [4.69, 9.17) is 0 Å². The summed E-state index contributed by atoms with van der Waals surface area (Å²) in [6.07, 6.45) is 0. The third-order valence-electron chi connectivity index (χ3n) is 7.89. The SMILES string of the molecule is c1ccc(-n2c3ccccc3c3c4sc5ccccc5c4c4c(c32)-c2cccc3cccc-4c23)cc1. The third kappa shape index (κ3) is 2.17. The van der Waals surface area contributed by atoms with E-state index in [1.807, 2.05) is 11.3 Å². The van der Waals surface area contributed by atoms with E-state index in [1.54, 1.807) is 0 Å². The molecule has 0 unspecified atom stereocenters. The van der Waals surface area contributed by atoms with Gasteiger partial charge in [-0.1, -0.05) is 91.0 Å². The van der Waals surface area contributed by atoms with E-state index in [0.29, 0.717) is 0 Å². The summed E-state index contributed by atoms with van der Waals surface area (Å²) in [5.74, 6) is 0. The molecule has 0 N–H and O–H groups in total. The first kappa shape index (κ1) is 18.9. The summed E-state index contributed by atoms with van der Waals surface area (Å²) in [5, 5.41) is 8.14. The molecule has 0 aliphatic heterocycles. The third-order valence-corrected chi connectivity index (χ3v) is 9.08. The van der Waals surface area contributed by atoms with Gasteiger partial charge in [0.15, 0.2) is 0 Å². The van der Waals surface area contributed by atoms with Gasteiger partial charge in [-0.15, -0.1) is 11.3 Å². The molecule has 2 aromatic heterocycles. The fourth-order valence-corrected chi connectivity index (χ4v) is 7.82. The number of rotatable bonds is 1. The first-order valence-corrected chi connectivity index (χ1v) is 13.2. The number of fused-ring (bicyclic) bond motifs is 12. The lowest BCUT2D eigenvalue weighted by Gasteiger charge is -2.13. The summed E-state index contributed by atoms with van der Waals surface area (Å²) >= 11 is 1.94. The quantitative estimate of drug-likeness (QED) is 0.223. The predicted octanol–water partition coefficient (Wildman–Crippen LogP) is 9.95. The Hall–Kier alpha value is -4.40. The molecule has 8 aromatic rings. The smallest absolute Gasteiger partial charge is 0.0640 e. The van der Waals surface area contributed by atoms with Gasteiger partial charge < -0.3 is 4.57 Å². The average Bonchev–Trinajstić information content (AvgIpc) is 3.58. The van der Waals surface area contributed by atoms with Crippen LogP contribution in [0.4, 0.5) is 0 Å². The van der Waals surface area contributed by atoms with E-state index in [9.17, 15) is 0 Å². The highest BCUT2D eigenvalue weighted by Crippen LogP contribution is 2.58. The van der Waals surface area contributed by atoms with Crippen LogP contribution in [0.2, 0.25) is 0 Å². The van der Waals surface area contributed by atoms with E-state index in [-0.39, 0.29) is 0 Å². The van der Waals surface area contributed by atoms with Crippen molar-refractivity contribution in [2.24, 2.45) is 0 Å². The van der Waals surface area contributed by atoms with Gasteiger partial charge in [-0.25, -0.2) is 0 Å². The van der Waals surface area contributed by atoms with Gasteiger partial charge in [0.25, 0.3) is 0 Å². The van der Waals surface area contributed by atoms with Crippen LogP contribution in [0.5, 0.6) is 0 Å². The lowest BCUT2D eigenvalue weighted by molar-refractivity contribution is 1.18. The molecule has 166 valence electrons. The molecule has 0 saturated heterocycles. The van der Waals surface area contributed by atoms with Gasteiger partial charge in [-0.2, -0.15) is 0 Å². The van der Waals surface area contributed by atoms with Gasteiger partial charge in [0, 0.05) is 47.8 Å². The molecule has 0 radical (unpaired) electrons. The van der Waals surface area contributed by atoms with Crippen LogP contribution >= 0.6 is 11.3 Å². The minimum absolute atomic E-state index is 1.20. The first-order valence-electron chi connectivity index (χ1n) is 12.4. The molecule has 1 aliphatic rings. The summed E-state index contributed by atoms with van der Waals surface area (Å²) < 4.78 is 5.24. The first-order chi connectivity index (χ1) is 17.9. The number of para-hydroxylation sites is 2. The lowest BCUT2D eigenvalue weighted by Crippen LogP contribution is -1.95. The van der Waals surface area contributed by atoms with E-state index >= 15 is 0 Å². The highest BCUT2D eigenvalue weighted by atomic mass is 32.1. The Morgan fingerprint density at radius 1 is 0.500 bits per heavy atom. The molecule has 1 nitrogen and oxygen atoms in total. The van der Waals surface area contributed by atoms with Crippen LogP contribution < -0.4 is 0 Å². The topological polar surface area (TPSA) is 4.93 Å². The van der Waals surface area contributed by atoms with Crippen LogP contribution in [0, 0.1) is 0 Å². The zero-order valence-corrected chi connectivity index (χ0v) is 20.1. The van der Waals surface area contributed by atoms with Crippen LogP contribution in [0.25, 0.3) is 80.7 Å². The number of hydrogen-bond acceptors (Lipinski definition) is 1. The molecular formula is C34H19NS. The van der Waals surface area contributed by atoms with Crippen molar-refractivity contribution in [3.8, 4) is 27.9 Å². The maximum atomic E-state index is 2.50. The normalized spacial score (nSPS) is 12.4. The van der Waals surface area contributed by atoms with Gasteiger partial charge in [-0.05, 0) is 46.2 Å². The molecule has 36 heavy (non-hydrogen) atoms. The molecule has 0 amide bonds. The van der Waals surface area contributed by atoms with Crippen molar-refractivity contribution in [3.05, 3.63) is 115 Å². The van der Waals surface area contributed by atoms with Gasteiger partial charge in [0.1, 0.15) is 0 Å². The molecule has 2 heterocycles. The molecule has 0 saturated carbocycles. The van der Waals surface area contributed by atoms with E-state index in [1.165, 1.54) is 80.7 Å². The average molecular weight is 474 g/mol. The van der Waals surface area contributed by atoms with Crippen LogP contribution in [0.1, 0.15) is 0 Å². The van der Waals surface area contributed by atoms with Gasteiger partial charge >= 0.3 is 0 Å². The minimum Gasteiger partial charge on any atom is -0.309 e. The molecule has 6 aromatic carbocycles. The highest BCUT2D eigenvalue weighted by molar-refractivity contribution is 7.27. The minimum atomic E-state index is 1.20. The van der Waals surface area contributed by atoms with Crippen LogP contribution in [-0.4, -0.2) is 4.57 Å². The lowest BCUT2D eigenvalue weighted by atomic mass is 9.94. The standard InChI is InChI=1S/C34H19NS/c1-2-12-21(13-3-1)35-26-18-6-4-14-22(26)32-33(35)30-25-17-9-11-20-10-8-16-24(28(20)25)29(30)31-23-15-5-7-19-27(23)36-34(31)32/h1-19H. The van der Waals surface area contributed by atoms with Crippen molar-refractivity contribution in [3.63, 3.8) is 0 Å². The zero-order chi connectivity index (χ0) is 23.4. The van der Waals surface area contributed by atoms with Crippen LogP contribution in [-0.2, 0) is 0 Å². The molecule has 0 bridgehead atoms. The summed E-state index contributed by atoms with van der Waals surface area (Å²) in [5.41, 5.74) is 9.25. The van der Waals surface area contributed by atoms with Crippen molar-refractivity contribution in [1.29, 1.82) is 0 Å². The Balaban J connectivity index is 1.67. The molecule has 0 spiro atoms. The number of nitrogens with zero attached hydrogens (tertiary/aromatic N) is 1. The molecule has 0 atom stereocenters. The van der Waals surface area contributed by atoms with Crippen molar-refractivity contribution in [2.45, 2.75) is 0 Å². The molecular weight excluding hydrogens is 454 g/mol. The fraction of sp³-hybridized carbons (Fsp3) is 0. The van der Waals surface area contributed by atoms with Crippen LogP contribution in [0.3, 0.4) is 0 Å². The summed E-state index contributed by atoms with van der Waals surface area (Å²) in [7, 11) is 0. The Labute approximate surface area is 211 Å². The van der Waals surface area contributed by atoms with Crippen molar-refractivity contribution in [2.75, 3.05) is 0 Å². The van der Waals surface area contributed by atoms with Crippen molar-refractivity contribution in [1.82, 2.24) is 4.57 Å². The zero-order valence-electron chi connectivity index (χ0n) is 19.3. The second-order valence-electron chi connectivity index (χ2n) is 9.67. The fourth-order valence-electron chi connectivity index (χ4n) is 6.55. The Bertz CT molecular complexity index is 2190. The predicted molar refractivity (Wildman–Crippen MR) is 156 cm³/mol. The molecule has 0 fully saturated rings. The Morgan fingerprint density at radius 2 is 1.19 bits per heavy atom. The molecule has 2 heteroatoms. The number of aromatic nitrogens is 1. The Kier molecular flexibility index (Phi) is 3.47. The molecule has 9 rings (SSSR count). The number of benzene rings is 6. The van der Waals surface area contributed by atoms with Gasteiger partial charge in [-0.3, -0.25) is 0 Å². The van der Waals surface area contributed by atoms with Gasteiger partial charge in [0.05, 0.1) is 11.0 Å². The Morgan fingerprint density at radius 3 is 2.03 bits per heavy atom. The number of thiophene rings is 1. The van der Waals surface area contributed by atoms with Crippen LogP contribution in [0.15, 0.2) is 115 Å². The van der Waals surface area contributed by atoms with Crippen molar-refractivity contribution >= 4 is 64.1 Å². The summed E-state index contributed by atoms with van der Waals surface area (Å²) in [6.45, 7) is 0. The summed E-state index contributed by atoms with van der Waals surface area (Å²) in [6, 6.07) is 42.3. The van der Waals surface area contributed by atoms with Gasteiger partial charge in [0.2, 0.25) is 0 Å². The van der Waals surface area contributed by atoms with E-state index < -0.39 is 0 Å².